The van der Waals surface area contributed by atoms with Crippen molar-refractivity contribution in [3.63, 3.8) is 0 Å². The molecule has 1 aromatic heterocycles. The molecule has 27 heavy (non-hydrogen) atoms. The van der Waals surface area contributed by atoms with Crippen molar-refractivity contribution in [2.45, 2.75) is 16.7 Å². The minimum absolute atomic E-state index is 0.919. The smallest absolute Gasteiger partial charge is 0.149 e. The van der Waals surface area contributed by atoms with Crippen LogP contribution in [0.1, 0.15) is 5.56 Å². The number of ether oxygens (including phenoxy) is 1. The highest BCUT2D eigenvalue weighted by Gasteiger charge is 2.21. The molecule has 0 fully saturated rings. The molecule has 3 aromatic carbocycles. The minimum Gasteiger partial charge on any atom is -0.454 e. The second kappa shape index (κ2) is 6.60. The van der Waals surface area contributed by atoms with Crippen molar-refractivity contribution < 1.29 is 4.74 Å². The van der Waals surface area contributed by atoms with Crippen molar-refractivity contribution in [3.05, 3.63) is 90.8 Å². The molecule has 0 saturated heterocycles. The van der Waals surface area contributed by atoms with Gasteiger partial charge in [0, 0.05) is 23.5 Å². The fourth-order valence-electron chi connectivity index (χ4n) is 3.41. The molecular formula is C24H17NOS. The van der Waals surface area contributed by atoms with Crippen LogP contribution >= 0.6 is 11.8 Å². The number of aromatic nitrogens is 1. The lowest BCUT2D eigenvalue weighted by atomic mass is 9.96. The van der Waals surface area contributed by atoms with E-state index < -0.39 is 0 Å². The Balaban J connectivity index is 1.64. The second-order valence-corrected chi connectivity index (χ2v) is 7.70. The van der Waals surface area contributed by atoms with Gasteiger partial charge in [-0.2, -0.15) is 0 Å². The molecule has 4 aromatic rings. The molecule has 0 bridgehead atoms. The molecule has 2 heterocycles. The fraction of sp³-hybridized carbons (Fsp3) is 0.0417. The number of hydrogen-bond acceptors (Lipinski definition) is 3. The number of pyridine rings is 1. The number of rotatable bonds is 2. The van der Waals surface area contributed by atoms with E-state index in [0.717, 1.165) is 38.0 Å². The first-order chi connectivity index (χ1) is 13.3. The maximum atomic E-state index is 6.32. The van der Waals surface area contributed by atoms with E-state index in [2.05, 4.69) is 60.4 Å². The van der Waals surface area contributed by atoms with E-state index in [-0.39, 0.29) is 0 Å². The van der Waals surface area contributed by atoms with Gasteiger partial charge in [0.25, 0.3) is 0 Å². The molecule has 5 rings (SSSR count). The Labute approximate surface area is 162 Å². The van der Waals surface area contributed by atoms with E-state index in [0.29, 0.717) is 0 Å². The van der Waals surface area contributed by atoms with Crippen LogP contribution in [0, 0.1) is 6.92 Å². The Kier molecular flexibility index (Phi) is 3.95. The van der Waals surface area contributed by atoms with Crippen LogP contribution in [0.15, 0.2) is 95.0 Å². The maximum absolute atomic E-state index is 6.32. The summed E-state index contributed by atoms with van der Waals surface area (Å²) in [5, 5.41) is 0. The van der Waals surface area contributed by atoms with Gasteiger partial charge in [-0.1, -0.05) is 54.2 Å². The first-order valence-electron chi connectivity index (χ1n) is 8.88. The van der Waals surface area contributed by atoms with Gasteiger partial charge in [-0.3, -0.25) is 4.98 Å². The van der Waals surface area contributed by atoms with E-state index in [1.165, 1.54) is 11.1 Å². The third kappa shape index (κ3) is 3.00. The van der Waals surface area contributed by atoms with Crippen LogP contribution in [0.4, 0.5) is 0 Å². The third-order valence-electron chi connectivity index (χ3n) is 4.64. The standard InChI is InChI=1S/C24H17NOS/c1-16-12-18(17-6-5-11-25-15-17)14-19(13-16)20-7-4-10-23-24(20)26-21-8-2-3-9-22(21)27-23/h2-15H,1H3. The summed E-state index contributed by atoms with van der Waals surface area (Å²) < 4.78 is 6.32. The van der Waals surface area contributed by atoms with E-state index >= 15 is 0 Å². The van der Waals surface area contributed by atoms with Crippen molar-refractivity contribution in [3.8, 4) is 33.8 Å². The Hall–Kier alpha value is -3.04. The van der Waals surface area contributed by atoms with Crippen molar-refractivity contribution in [2.75, 3.05) is 0 Å². The lowest BCUT2D eigenvalue weighted by Crippen LogP contribution is -1.97. The van der Waals surface area contributed by atoms with Crippen molar-refractivity contribution in [1.29, 1.82) is 0 Å². The van der Waals surface area contributed by atoms with E-state index in [4.69, 9.17) is 4.74 Å². The number of hydrogen-bond donors (Lipinski definition) is 0. The largest absolute Gasteiger partial charge is 0.454 e. The summed E-state index contributed by atoms with van der Waals surface area (Å²) in [6, 6.07) is 25.2. The number of nitrogens with zero attached hydrogens (tertiary/aromatic N) is 1. The van der Waals surface area contributed by atoms with E-state index in [9.17, 15) is 0 Å². The van der Waals surface area contributed by atoms with Crippen molar-refractivity contribution in [1.82, 2.24) is 4.98 Å². The van der Waals surface area contributed by atoms with Crippen LogP contribution in [-0.2, 0) is 0 Å². The topological polar surface area (TPSA) is 22.1 Å². The van der Waals surface area contributed by atoms with Gasteiger partial charge in [-0.15, -0.1) is 0 Å². The summed E-state index contributed by atoms with van der Waals surface area (Å²) in [5.41, 5.74) is 5.77. The zero-order valence-electron chi connectivity index (χ0n) is 14.8. The minimum atomic E-state index is 0.919. The Morgan fingerprint density at radius 3 is 2.52 bits per heavy atom. The molecule has 0 unspecified atom stereocenters. The van der Waals surface area contributed by atoms with E-state index in [1.54, 1.807) is 18.0 Å². The van der Waals surface area contributed by atoms with Gasteiger partial charge in [0.05, 0.1) is 9.79 Å². The Morgan fingerprint density at radius 1 is 0.778 bits per heavy atom. The molecule has 3 heteroatoms. The van der Waals surface area contributed by atoms with Crippen LogP contribution in [0.2, 0.25) is 0 Å². The zero-order chi connectivity index (χ0) is 18.2. The molecule has 0 amide bonds. The van der Waals surface area contributed by atoms with Crippen molar-refractivity contribution >= 4 is 11.8 Å². The van der Waals surface area contributed by atoms with Crippen molar-refractivity contribution in [2.24, 2.45) is 0 Å². The first kappa shape index (κ1) is 16.2. The predicted octanol–water partition coefficient (Wildman–Crippen LogP) is 6.98. The summed E-state index contributed by atoms with van der Waals surface area (Å²) in [6.45, 7) is 2.13. The normalized spacial score (nSPS) is 12.0. The number of fused-ring (bicyclic) bond motifs is 2. The van der Waals surface area contributed by atoms with Gasteiger partial charge in [0.1, 0.15) is 11.5 Å². The lowest BCUT2D eigenvalue weighted by Gasteiger charge is -2.22. The van der Waals surface area contributed by atoms with Gasteiger partial charge in [0.2, 0.25) is 0 Å². The highest BCUT2D eigenvalue weighted by molar-refractivity contribution is 7.99. The Morgan fingerprint density at radius 2 is 1.63 bits per heavy atom. The third-order valence-corrected chi connectivity index (χ3v) is 5.74. The summed E-state index contributed by atoms with van der Waals surface area (Å²) in [6.07, 6.45) is 3.71. The molecule has 2 nitrogen and oxygen atoms in total. The molecule has 0 N–H and O–H groups in total. The van der Waals surface area contributed by atoms with Crippen LogP contribution < -0.4 is 4.74 Å². The first-order valence-corrected chi connectivity index (χ1v) is 9.70. The van der Waals surface area contributed by atoms with Gasteiger partial charge in [0.15, 0.2) is 0 Å². The summed E-state index contributed by atoms with van der Waals surface area (Å²) >= 11 is 1.76. The SMILES string of the molecule is Cc1cc(-c2cccnc2)cc(-c2cccc3c2Oc2ccccc2S3)c1. The molecule has 0 aliphatic carbocycles. The highest BCUT2D eigenvalue weighted by atomic mass is 32.2. The molecule has 0 spiro atoms. The number of aryl methyl sites for hydroxylation is 1. The second-order valence-electron chi connectivity index (χ2n) is 6.61. The number of para-hydroxylation sites is 2. The molecular weight excluding hydrogens is 350 g/mol. The molecule has 0 atom stereocenters. The fourth-order valence-corrected chi connectivity index (χ4v) is 4.40. The molecule has 130 valence electrons. The summed E-state index contributed by atoms with van der Waals surface area (Å²) in [4.78, 5) is 6.56. The lowest BCUT2D eigenvalue weighted by molar-refractivity contribution is 0.456. The van der Waals surface area contributed by atoms with Crippen LogP contribution in [0.25, 0.3) is 22.3 Å². The molecule has 0 saturated carbocycles. The summed E-state index contributed by atoms with van der Waals surface area (Å²) in [7, 11) is 0. The van der Waals surface area contributed by atoms with E-state index in [1.807, 2.05) is 30.5 Å². The monoisotopic (exact) mass is 367 g/mol. The number of benzene rings is 3. The van der Waals surface area contributed by atoms with Gasteiger partial charge >= 0.3 is 0 Å². The quantitative estimate of drug-likeness (QED) is 0.336. The van der Waals surface area contributed by atoms with Crippen LogP contribution in [-0.4, -0.2) is 4.98 Å². The molecule has 1 aliphatic rings. The Bertz CT molecular complexity index is 1140. The molecule has 0 radical (unpaired) electrons. The predicted molar refractivity (Wildman–Crippen MR) is 110 cm³/mol. The maximum Gasteiger partial charge on any atom is 0.149 e. The average Bonchev–Trinajstić information content (AvgIpc) is 2.72. The van der Waals surface area contributed by atoms with Crippen LogP contribution in [0.3, 0.4) is 0 Å². The summed E-state index contributed by atoms with van der Waals surface area (Å²) in [5.74, 6) is 1.85. The average molecular weight is 367 g/mol. The van der Waals surface area contributed by atoms with Crippen LogP contribution in [0.5, 0.6) is 11.5 Å². The van der Waals surface area contributed by atoms with Gasteiger partial charge in [-0.05, 0) is 53.9 Å². The van der Waals surface area contributed by atoms with Gasteiger partial charge < -0.3 is 4.74 Å². The zero-order valence-corrected chi connectivity index (χ0v) is 15.7. The highest BCUT2D eigenvalue weighted by Crippen LogP contribution is 2.50. The van der Waals surface area contributed by atoms with Gasteiger partial charge in [-0.25, -0.2) is 0 Å². The molecule has 1 aliphatic heterocycles.